The van der Waals surface area contributed by atoms with E-state index in [1.54, 1.807) is 36.4 Å². The maximum absolute atomic E-state index is 13.1. The fourth-order valence-corrected chi connectivity index (χ4v) is 6.67. The summed E-state index contributed by atoms with van der Waals surface area (Å²) in [7, 11) is -3.83. The van der Waals surface area contributed by atoms with Crippen molar-refractivity contribution in [2.24, 2.45) is 0 Å². The van der Waals surface area contributed by atoms with E-state index in [1.165, 1.54) is 18.9 Å². The van der Waals surface area contributed by atoms with Gasteiger partial charge in [0.1, 0.15) is 12.4 Å². The third-order valence-corrected chi connectivity index (χ3v) is 9.07. The minimum absolute atomic E-state index is 0.0887. The third-order valence-electron chi connectivity index (χ3n) is 7.69. The van der Waals surface area contributed by atoms with E-state index < -0.39 is 10.0 Å². The van der Waals surface area contributed by atoms with Crippen LogP contribution in [0, 0.1) is 0 Å². The first kappa shape index (κ1) is 25.5. The molecule has 1 saturated heterocycles. The van der Waals surface area contributed by atoms with Gasteiger partial charge in [-0.1, -0.05) is 18.2 Å². The highest BCUT2D eigenvalue weighted by Gasteiger charge is 2.32. The maximum Gasteiger partial charge on any atom is 0.261 e. The van der Waals surface area contributed by atoms with Crippen LogP contribution < -0.4 is 20.1 Å². The summed E-state index contributed by atoms with van der Waals surface area (Å²) in [5, 5.41) is 6.43. The van der Waals surface area contributed by atoms with Gasteiger partial charge in [0.05, 0.1) is 16.5 Å². The van der Waals surface area contributed by atoms with Crippen LogP contribution >= 0.6 is 0 Å². The first-order valence-electron chi connectivity index (χ1n) is 13.4. The van der Waals surface area contributed by atoms with Crippen LogP contribution in [0.4, 0.5) is 17.1 Å². The minimum atomic E-state index is -3.83. The number of carbonyl (C=O) groups excluding carboxylic acids is 1. The molecule has 3 aliphatic rings. The summed E-state index contributed by atoms with van der Waals surface area (Å²) >= 11 is 0. The fourth-order valence-electron chi connectivity index (χ4n) is 5.59. The molecule has 1 atom stereocenters. The number of hydrogen-bond donors (Lipinski definition) is 3. The number of ether oxygens (including phenoxy) is 1. The normalized spacial score (nSPS) is 19.7. The smallest absolute Gasteiger partial charge is 0.261 e. The molecule has 3 aliphatic heterocycles. The van der Waals surface area contributed by atoms with Gasteiger partial charge in [0.25, 0.3) is 15.9 Å². The maximum atomic E-state index is 13.1. The molecule has 1 amide bonds. The molecule has 0 aliphatic carbocycles. The summed E-state index contributed by atoms with van der Waals surface area (Å²) in [4.78, 5) is 15.6. The Bertz CT molecular complexity index is 1550. The number of benzene rings is 3. The van der Waals surface area contributed by atoms with Crippen LogP contribution in [0.25, 0.3) is 5.57 Å². The van der Waals surface area contributed by atoms with Crippen molar-refractivity contribution in [1.29, 1.82) is 0 Å². The van der Waals surface area contributed by atoms with E-state index in [9.17, 15) is 13.2 Å². The van der Waals surface area contributed by atoms with Crippen molar-refractivity contribution in [3.05, 3.63) is 83.4 Å². The molecule has 202 valence electrons. The molecule has 3 N–H and O–H groups in total. The lowest BCUT2D eigenvalue weighted by molar-refractivity contribution is -0.110. The minimum Gasteiger partial charge on any atom is -0.492 e. The highest BCUT2D eigenvalue weighted by molar-refractivity contribution is 7.92. The summed E-state index contributed by atoms with van der Waals surface area (Å²) in [6, 6.07) is 19.5. The zero-order valence-electron chi connectivity index (χ0n) is 21.9. The molecular weight excluding hydrogens is 512 g/mol. The Morgan fingerprint density at radius 1 is 1.03 bits per heavy atom. The van der Waals surface area contributed by atoms with Gasteiger partial charge in [0.15, 0.2) is 0 Å². The largest absolute Gasteiger partial charge is 0.492 e. The second-order valence-electron chi connectivity index (χ2n) is 10.3. The van der Waals surface area contributed by atoms with E-state index in [0.717, 1.165) is 42.2 Å². The van der Waals surface area contributed by atoms with Crippen LogP contribution in [-0.4, -0.2) is 51.5 Å². The molecule has 3 heterocycles. The lowest BCUT2D eigenvalue weighted by atomic mass is 9.95. The summed E-state index contributed by atoms with van der Waals surface area (Å²) in [5.74, 6) is 0.627. The molecule has 0 saturated carbocycles. The molecule has 1 fully saturated rings. The molecule has 0 aromatic heterocycles. The van der Waals surface area contributed by atoms with Gasteiger partial charge >= 0.3 is 0 Å². The number of rotatable bonds is 8. The van der Waals surface area contributed by atoms with Crippen LogP contribution in [0.1, 0.15) is 30.9 Å². The number of amides is 1. The molecule has 0 radical (unpaired) electrons. The summed E-state index contributed by atoms with van der Waals surface area (Å²) in [6.07, 6.45) is 3.25. The van der Waals surface area contributed by atoms with E-state index in [-0.39, 0.29) is 16.8 Å². The van der Waals surface area contributed by atoms with Crippen LogP contribution in [0.5, 0.6) is 5.75 Å². The molecule has 39 heavy (non-hydrogen) atoms. The standard InChI is InChI=1S/C30H32N4O4S/c1-20(28-18-21-17-23(9-11-26(21)31-28)38-16-15-34-13-5-6-14-34)29-25-19-24(10-12-27(25)32-30(29)35)39(36,37)33-22-7-3-2-4-8-22/h2-4,7-12,17,19,28,31,33H,5-6,13-16,18H2,1H3,(H,32,35)/b29-20-. The molecule has 0 bridgehead atoms. The van der Waals surface area contributed by atoms with Gasteiger partial charge in [-0.15, -0.1) is 0 Å². The van der Waals surface area contributed by atoms with Gasteiger partial charge in [0, 0.05) is 29.2 Å². The second-order valence-corrected chi connectivity index (χ2v) is 12.0. The molecular formula is C30H32N4O4S. The number of nitrogens with zero attached hydrogens (tertiary/aromatic N) is 1. The van der Waals surface area contributed by atoms with Gasteiger partial charge in [-0.05, 0) is 98.9 Å². The van der Waals surface area contributed by atoms with Crippen LogP contribution in [0.2, 0.25) is 0 Å². The Balaban J connectivity index is 1.20. The summed E-state index contributed by atoms with van der Waals surface area (Å²) in [6.45, 7) is 5.85. The number of para-hydroxylation sites is 1. The van der Waals surface area contributed by atoms with Crippen molar-refractivity contribution in [1.82, 2.24) is 4.90 Å². The number of hydrogen-bond acceptors (Lipinski definition) is 6. The summed E-state index contributed by atoms with van der Waals surface area (Å²) < 4.78 is 34.8. The highest BCUT2D eigenvalue weighted by Crippen LogP contribution is 2.39. The number of likely N-dealkylation sites (tertiary alicyclic amines) is 1. The predicted molar refractivity (Wildman–Crippen MR) is 154 cm³/mol. The van der Waals surface area contributed by atoms with Crippen LogP contribution in [0.15, 0.2) is 77.2 Å². The first-order valence-corrected chi connectivity index (χ1v) is 14.8. The molecule has 0 spiro atoms. The zero-order valence-corrected chi connectivity index (χ0v) is 22.7. The number of nitrogens with one attached hydrogen (secondary N) is 3. The second kappa shape index (κ2) is 10.4. The number of fused-ring (bicyclic) bond motifs is 2. The van der Waals surface area contributed by atoms with Gasteiger partial charge in [-0.2, -0.15) is 0 Å². The molecule has 9 heteroatoms. The molecule has 1 unspecified atom stereocenters. The number of anilines is 3. The quantitative estimate of drug-likeness (QED) is 0.355. The first-order chi connectivity index (χ1) is 18.9. The Morgan fingerprint density at radius 2 is 1.79 bits per heavy atom. The van der Waals surface area contributed by atoms with Crippen LogP contribution in [0.3, 0.4) is 0 Å². The SMILES string of the molecule is C/C(=C1/C(=O)Nc2ccc(S(=O)(=O)Nc3ccccc3)cc21)C1Cc2cc(OCCN3CCCC3)ccc2N1. The van der Waals surface area contributed by atoms with Gasteiger partial charge in [-0.25, -0.2) is 8.42 Å². The van der Waals surface area contributed by atoms with E-state index in [0.29, 0.717) is 35.5 Å². The van der Waals surface area contributed by atoms with E-state index in [2.05, 4.69) is 26.3 Å². The number of carbonyl (C=O) groups is 1. The van der Waals surface area contributed by atoms with Crippen LogP contribution in [-0.2, 0) is 21.2 Å². The van der Waals surface area contributed by atoms with Crippen molar-refractivity contribution in [2.75, 3.05) is 41.6 Å². The molecule has 3 aromatic carbocycles. The third kappa shape index (κ3) is 5.24. The fraction of sp³-hybridized carbons (Fsp3) is 0.300. The van der Waals surface area contributed by atoms with Crippen molar-refractivity contribution >= 4 is 38.6 Å². The Labute approximate surface area is 229 Å². The average molecular weight is 545 g/mol. The van der Waals surface area contributed by atoms with Crippen molar-refractivity contribution < 1.29 is 17.9 Å². The lowest BCUT2D eigenvalue weighted by Crippen LogP contribution is -2.25. The molecule has 8 nitrogen and oxygen atoms in total. The molecule has 6 rings (SSSR count). The Hall–Kier alpha value is -3.82. The average Bonchev–Trinajstić information content (AvgIpc) is 3.66. The Kier molecular flexibility index (Phi) is 6.78. The monoisotopic (exact) mass is 544 g/mol. The van der Waals surface area contributed by atoms with Crippen molar-refractivity contribution in [3.8, 4) is 5.75 Å². The molecule has 3 aromatic rings. The van der Waals surface area contributed by atoms with Gasteiger partial charge < -0.3 is 15.4 Å². The van der Waals surface area contributed by atoms with Gasteiger partial charge in [0.2, 0.25) is 0 Å². The summed E-state index contributed by atoms with van der Waals surface area (Å²) in [5.41, 5.74) is 5.22. The van der Waals surface area contributed by atoms with Crippen molar-refractivity contribution in [3.63, 3.8) is 0 Å². The zero-order chi connectivity index (χ0) is 27.0. The van der Waals surface area contributed by atoms with E-state index >= 15 is 0 Å². The van der Waals surface area contributed by atoms with Crippen molar-refractivity contribution in [2.45, 2.75) is 37.1 Å². The van der Waals surface area contributed by atoms with Gasteiger partial charge in [-0.3, -0.25) is 14.4 Å². The topological polar surface area (TPSA) is 99.8 Å². The lowest BCUT2D eigenvalue weighted by Gasteiger charge is -2.15. The van der Waals surface area contributed by atoms with E-state index in [1.807, 2.05) is 25.1 Å². The number of sulfonamides is 1. The van der Waals surface area contributed by atoms with E-state index in [4.69, 9.17) is 4.74 Å². The highest BCUT2D eigenvalue weighted by atomic mass is 32.2. The predicted octanol–water partition coefficient (Wildman–Crippen LogP) is 4.72. The Morgan fingerprint density at radius 3 is 2.59 bits per heavy atom.